The fraction of sp³-hybridized carbons (Fsp3) is 1.00. The molecule has 5 unspecified atom stereocenters. The number of hydrogen-bond donors (Lipinski definition) is 8. The van der Waals surface area contributed by atoms with Crippen LogP contribution in [-0.2, 0) is 63.5 Å². The van der Waals surface area contributed by atoms with Gasteiger partial charge in [-0.05, 0) is 0 Å². The molecule has 36 heavy (non-hydrogen) atoms. The van der Waals surface area contributed by atoms with E-state index in [0.717, 1.165) is 0 Å². The predicted octanol–water partition coefficient (Wildman–Crippen LogP) is -1.10. The molecular weight excluding hydrogens is 615 g/mol. The van der Waals surface area contributed by atoms with E-state index in [1.165, 1.54) is 0 Å². The van der Waals surface area contributed by atoms with E-state index in [4.69, 9.17) is 20.0 Å². The quantitative estimate of drug-likeness (QED) is 0.0545. The van der Waals surface area contributed by atoms with Gasteiger partial charge in [0.25, 0.3) is 0 Å². The van der Waals surface area contributed by atoms with Crippen molar-refractivity contribution in [3.63, 3.8) is 0 Å². The Labute approximate surface area is 202 Å². The third-order valence-electron chi connectivity index (χ3n) is 2.94. The van der Waals surface area contributed by atoms with E-state index in [-0.39, 0.29) is 0 Å². The highest BCUT2D eigenvalue weighted by Gasteiger charge is 2.35. The van der Waals surface area contributed by atoms with Crippen LogP contribution in [-0.4, -0.2) is 98.9 Å². The summed E-state index contributed by atoms with van der Waals surface area (Å²) < 4.78 is 95.8. The standard InChI is InChI=1S/C9H25O22P5/c1-23-33(15,16)30-8(2-24-32(12,13)14)5-27-36(21,22)31-9(3-25-34(17,18)28-6-10)4-26-35(19,20)29-7-11/h8-11H,2-7H2,1H3,(H,15,16)(H,17,18)(H,19,20)(H,21,22)(H2,12,13,14). The molecule has 0 aliphatic heterocycles. The molecule has 0 amide bonds. The third-order valence-corrected chi connectivity index (χ3v) is 7.32. The Morgan fingerprint density at radius 1 is 0.528 bits per heavy atom. The number of phosphoric acid groups is 5. The molecule has 0 spiro atoms. The summed E-state index contributed by atoms with van der Waals surface area (Å²) in [7, 11) is -24.5. The highest BCUT2D eigenvalue weighted by molar-refractivity contribution is 7.48. The minimum atomic E-state index is -5.36. The van der Waals surface area contributed by atoms with Crippen LogP contribution < -0.4 is 0 Å². The zero-order valence-electron chi connectivity index (χ0n) is 17.9. The smallest absolute Gasteiger partial charge is 0.370 e. The maximum absolute atomic E-state index is 12.2. The van der Waals surface area contributed by atoms with Gasteiger partial charge in [-0.25, -0.2) is 22.8 Å². The minimum Gasteiger partial charge on any atom is -0.370 e. The SMILES string of the molecule is COP(=O)(O)OC(COP(=O)(O)O)COP(=O)(O)OC(COP(=O)(O)OCO)COP(=O)(O)OCO. The van der Waals surface area contributed by atoms with Crippen LogP contribution in [0.5, 0.6) is 0 Å². The second-order valence-corrected chi connectivity index (χ2v) is 12.8. The Kier molecular flexibility index (Phi) is 16.1. The number of phosphoric ester groups is 5. The average Bonchev–Trinajstić information content (AvgIpc) is 2.71. The first-order valence-corrected chi connectivity index (χ1v) is 16.1. The topological polar surface area (TPSA) is 330 Å². The second-order valence-electron chi connectivity index (χ2n) is 5.70. The van der Waals surface area contributed by atoms with Crippen LogP contribution in [0, 0.1) is 0 Å². The van der Waals surface area contributed by atoms with Gasteiger partial charge < -0.3 is 39.6 Å². The maximum Gasteiger partial charge on any atom is 0.474 e. The molecule has 0 aromatic rings. The molecule has 0 aliphatic carbocycles. The third kappa shape index (κ3) is 18.7. The van der Waals surface area contributed by atoms with Gasteiger partial charge in [0.2, 0.25) is 0 Å². The van der Waals surface area contributed by atoms with E-state index in [1.807, 2.05) is 0 Å². The Bertz CT molecular complexity index is 855. The fourth-order valence-electron chi connectivity index (χ4n) is 1.60. The Balaban J connectivity index is 5.43. The molecule has 27 heteroatoms. The summed E-state index contributed by atoms with van der Waals surface area (Å²) in [4.78, 5) is 55.2. The van der Waals surface area contributed by atoms with Gasteiger partial charge in [0, 0.05) is 7.11 Å². The lowest BCUT2D eigenvalue weighted by Gasteiger charge is -2.24. The number of aliphatic hydroxyl groups is 2. The van der Waals surface area contributed by atoms with Crippen LogP contribution in [0.15, 0.2) is 0 Å². The summed E-state index contributed by atoms with van der Waals surface area (Å²) in [6.07, 6.45) is -3.95. The molecule has 0 saturated heterocycles. The fourth-order valence-corrected chi connectivity index (χ4v) is 4.61. The molecule has 0 fully saturated rings. The molecule has 0 rings (SSSR count). The average molecular weight is 640 g/mol. The van der Waals surface area contributed by atoms with Crippen LogP contribution in [0.3, 0.4) is 0 Å². The summed E-state index contributed by atoms with van der Waals surface area (Å²) in [6.45, 7) is -7.38. The van der Waals surface area contributed by atoms with E-state index in [1.54, 1.807) is 0 Å². The van der Waals surface area contributed by atoms with E-state index in [2.05, 4.69) is 40.7 Å². The minimum absolute atomic E-state index is 0.716. The molecule has 0 aliphatic rings. The zero-order chi connectivity index (χ0) is 28.3. The molecule has 5 atom stereocenters. The normalized spacial score (nSPS) is 21.0. The summed E-state index contributed by atoms with van der Waals surface area (Å²) in [5.74, 6) is 0. The van der Waals surface area contributed by atoms with E-state index < -0.39 is 91.3 Å². The van der Waals surface area contributed by atoms with Gasteiger partial charge in [-0.15, -0.1) is 0 Å². The van der Waals surface area contributed by atoms with Gasteiger partial charge in [-0.2, -0.15) is 0 Å². The Morgan fingerprint density at radius 2 is 0.861 bits per heavy atom. The lowest BCUT2D eigenvalue weighted by Crippen LogP contribution is -2.27. The zero-order valence-corrected chi connectivity index (χ0v) is 22.4. The van der Waals surface area contributed by atoms with Crippen LogP contribution in [0.25, 0.3) is 0 Å². The molecular formula is C9H25O22P5. The van der Waals surface area contributed by atoms with Crippen LogP contribution >= 0.6 is 39.1 Å². The van der Waals surface area contributed by atoms with Gasteiger partial charge in [-0.3, -0.25) is 40.7 Å². The Morgan fingerprint density at radius 3 is 1.19 bits per heavy atom. The molecule has 0 bridgehead atoms. The van der Waals surface area contributed by atoms with E-state index in [9.17, 15) is 42.4 Å². The van der Waals surface area contributed by atoms with Gasteiger partial charge >= 0.3 is 39.1 Å². The Hall–Kier alpha value is 0.470. The van der Waals surface area contributed by atoms with Crippen molar-refractivity contribution in [1.29, 1.82) is 0 Å². The molecule has 0 aromatic carbocycles. The highest BCUT2D eigenvalue weighted by Crippen LogP contribution is 2.50. The van der Waals surface area contributed by atoms with E-state index in [0.29, 0.717) is 7.11 Å². The van der Waals surface area contributed by atoms with E-state index >= 15 is 0 Å². The van der Waals surface area contributed by atoms with Gasteiger partial charge in [-0.1, -0.05) is 0 Å². The monoisotopic (exact) mass is 640 g/mol. The van der Waals surface area contributed by atoms with Crippen LogP contribution in [0.1, 0.15) is 0 Å². The van der Waals surface area contributed by atoms with Crippen molar-refractivity contribution in [3.8, 4) is 0 Å². The van der Waals surface area contributed by atoms with Crippen molar-refractivity contribution >= 4 is 39.1 Å². The van der Waals surface area contributed by atoms with Crippen molar-refractivity contribution < 1.29 is 103 Å². The highest BCUT2D eigenvalue weighted by atomic mass is 31.2. The lowest BCUT2D eigenvalue weighted by atomic mass is 10.4. The van der Waals surface area contributed by atoms with Crippen LogP contribution in [0.2, 0.25) is 0 Å². The van der Waals surface area contributed by atoms with Crippen molar-refractivity contribution in [1.82, 2.24) is 0 Å². The summed E-state index contributed by atoms with van der Waals surface area (Å²) >= 11 is 0. The maximum atomic E-state index is 12.2. The predicted molar refractivity (Wildman–Crippen MR) is 108 cm³/mol. The molecule has 0 radical (unpaired) electrons. The van der Waals surface area contributed by atoms with Crippen molar-refractivity contribution in [2.75, 3.05) is 47.1 Å². The number of hydrogen-bond acceptors (Lipinski definition) is 16. The first-order valence-electron chi connectivity index (χ1n) is 8.63. The molecule has 0 heterocycles. The largest absolute Gasteiger partial charge is 0.474 e. The van der Waals surface area contributed by atoms with Crippen molar-refractivity contribution in [2.45, 2.75) is 12.2 Å². The van der Waals surface area contributed by atoms with Gasteiger partial charge in [0.05, 0.1) is 26.4 Å². The molecule has 0 saturated carbocycles. The number of aliphatic hydroxyl groups excluding tert-OH is 2. The van der Waals surface area contributed by atoms with Gasteiger partial charge in [0.15, 0.2) is 13.6 Å². The van der Waals surface area contributed by atoms with Gasteiger partial charge in [0.1, 0.15) is 12.2 Å². The van der Waals surface area contributed by atoms with Crippen molar-refractivity contribution in [3.05, 3.63) is 0 Å². The first kappa shape index (κ1) is 36.5. The first-order chi connectivity index (χ1) is 16.3. The number of rotatable bonds is 21. The molecule has 0 aromatic heterocycles. The summed E-state index contributed by atoms with van der Waals surface area (Å²) in [6, 6.07) is 0. The molecule has 8 N–H and O–H groups in total. The summed E-state index contributed by atoms with van der Waals surface area (Å²) in [5, 5.41) is 17.0. The lowest BCUT2D eigenvalue weighted by molar-refractivity contribution is -0.00904. The molecule has 218 valence electrons. The summed E-state index contributed by atoms with van der Waals surface area (Å²) in [5.41, 5.74) is 0. The van der Waals surface area contributed by atoms with Crippen LogP contribution in [0.4, 0.5) is 0 Å². The molecule has 22 nitrogen and oxygen atoms in total. The van der Waals surface area contributed by atoms with Crippen molar-refractivity contribution in [2.24, 2.45) is 0 Å². The second kappa shape index (κ2) is 15.9.